The fourth-order valence-electron chi connectivity index (χ4n) is 4.32. The van der Waals surface area contributed by atoms with E-state index in [1.807, 2.05) is 20.8 Å². The molecule has 2 aliphatic rings. The molecular formula is C23H28FN3O5. The normalized spacial score (nSPS) is 16.2. The summed E-state index contributed by atoms with van der Waals surface area (Å²) < 4.78 is 21.0. The topological polar surface area (TPSA) is 101 Å². The van der Waals surface area contributed by atoms with Crippen molar-refractivity contribution < 1.29 is 23.8 Å². The fraction of sp³-hybridized carbons (Fsp3) is 0.435. The van der Waals surface area contributed by atoms with Gasteiger partial charge in [-0.15, -0.1) is 0 Å². The number of nitrogens with one attached hydrogen (secondary N) is 1. The summed E-state index contributed by atoms with van der Waals surface area (Å²) in [6, 6.07) is 4.07. The number of halogens is 1. The number of likely N-dealkylation sites (N-methyl/N-ethyl adjacent to an activating group) is 1. The number of rotatable bonds is 5. The lowest BCUT2D eigenvalue weighted by atomic mass is 10.1. The predicted octanol–water partition coefficient (Wildman–Crippen LogP) is 2.62. The van der Waals surface area contributed by atoms with Crippen molar-refractivity contribution in [3.05, 3.63) is 56.8 Å². The van der Waals surface area contributed by atoms with Crippen molar-refractivity contribution in [3.8, 4) is 11.5 Å². The van der Waals surface area contributed by atoms with Crippen LogP contribution in [0.3, 0.4) is 0 Å². The minimum absolute atomic E-state index is 0.0304. The van der Waals surface area contributed by atoms with Gasteiger partial charge in [0, 0.05) is 30.9 Å². The van der Waals surface area contributed by atoms with Crippen molar-refractivity contribution in [1.82, 2.24) is 14.8 Å². The molecule has 32 heavy (non-hydrogen) atoms. The number of aromatic nitrogens is 1. The highest BCUT2D eigenvalue weighted by atomic mass is 19.1. The maximum absolute atomic E-state index is 14.0. The number of amides is 2. The molecule has 0 fully saturated rings. The molecule has 0 spiro atoms. The zero-order chi connectivity index (χ0) is 23.6. The highest BCUT2D eigenvalue weighted by molar-refractivity contribution is 6.00. The van der Waals surface area contributed by atoms with Crippen LogP contribution in [0.2, 0.25) is 0 Å². The number of aromatic hydroxyl groups is 1. The lowest BCUT2D eigenvalue weighted by Gasteiger charge is -2.34. The van der Waals surface area contributed by atoms with Gasteiger partial charge in [0.05, 0.1) is 13.2 Å². The Labute approximate surface area is 185 Å². The first-order chi connectivity index (χ1) is 15.4. The minimum atomic E-state index is -0.826. The Hall–Kier alpha value is -3.36. The van der Waals surface area contributed by atoms with E-state index in [0.717, 1.165) is 0 Å². The van der Waals surface area contributed by atoms with Crippen molar-refractivity contribution in [2.75, 3.05) is 20.2 Å². The van der Waals surface area contributed by atoms with Gasteiger partial charge in [0.15, 0.2) is 23.0 Å². The third-order valence-corrected chi connectivity index (χ3v) is 5.78. The molecule has 2 aliphatic heterocycles. The number of carbonyl (C=O) groups excluding carboxylic acids is 2. The second-order valence-electron chi connectivity index (χ2n) is 7.37. The van der Waals surface area contributed by atoms with Crippen LogP contribution in [0.4, 0.5) is 4.39 Å². The summed E-state index contributed by atoms with van der Waals surface area (Å²) in [4.78, 5) is 40.6. The molecule has 9 heteroatoms. The van der Waals surface area contributed by atoms with Gasteiger partial charge in [0.25, 0.3) is 11.8 Å². The number of ether oxygens (including phenoxy) is 1. The molecule has 3 heterocycles. The fourth-order valence-corrected chi connectivity index (χ4v) is 4.32. The number of nitrogens with zero attached hydrogens (tertiary/aromatic N) is 2. The Morgan fingerprint density at radius 2 is 2.03 bits per heavy atom. The van der Waals surface area contributed by atoms with Crippen LogP contribution in [0.15, 0.2) is 23.0 Å². The van der Waals surface area contributed by atoms with Crippen LogP contribution < -0.4 is 15.5 Å². The van der Waals surface area contributed by atoms with Gasteiger partial charge < -0.3 is 24.6 Å². The first-order valence-electron chi connectivity index (χ1n) is 10.8. The van der Waals surface area contributed by atoms with E-state index in [2.05, 4.69) is 5.32 Å². The van der Waals surface area contributed by atoms with E-state index in [1.54, 1.807) is 9.47 Å². The van der Waals surface area contributed by atoms with E-state index < -0.39 is 22.9 Å². The molecule has 0 bridgehead atoms. The number of benzene rings is 1. The smallest absolute Gasteiger partial charge is 0.274 e. The highest BCUT2D eigenvalue weighted by Gasteiger charge is 2.41. The van der Waals surface area contributed by atoms with Crippen LogP contribution in [-0.4, -0.2) is 46.6 Å². The van der Waals surface area contributed by atoms with Gasteiger partial charge in [-0.3, -0.25) is 14.4 Å². The molecule has 4 rings (SSSR count). The van der Waals surface area contributed by atoms with E-state index in [0.29, 0.717) is 31.6 Å². The number of carbonyl (C=O) groups is 2. The monoisotopic (exact) mass is 445 g/mol. The number of hydrogen-bond acceptors (Lipinski definition) is 5. The van der Waals surface area contributed by atoms with Crippen LogP contribution in [0.25, 0.3) is 0 Å². The molecule has 2 amide bonds. The van der Waals surface area contributed by atoms with Crippen molar-refractivity contribution >= 4 is 11.8 Å². The molecule has 0 saturated carbocycles. The minimum Gasteiger partial charge on any atom is -0.505 e. The Balaban J connectivity index is 0.00000141. The quantitative estimate of drug-likeness (QED) is 0.737. The molecule has 2 N–H and O–H groups in total. The van der Waals surface area contributed by atoms with E-state index in [1.165, 1.54) is 25.3 Å². The molecule has 0 saturated heterocycles. The summed E-state index contributed by atoms with van der Waals surface area (Å²) in [5.74, 6) is -2.45. The first kappa shape index (κ1) is 23.3. The summed E-state index contributed by atoms with van der Waals surface area (Å²) in [6.07, 6.45) is 1.18. The largest absolute Gasteiger partial charge is 0.505 e. The van der Waals surface area contributed by atoms with Gasteiger partial charge in [-0.05, 0) is 25.8 Å². The van der Waals surface area contributed by atoms with Crippen LogP contribution in [0.1, 0.15) is 65.3 Å². The molecule has 1 unspecified atom stereocenters. The Bertz CT molecular complexity index is 1110. The van der Waals surface area contributed by atoms with Crippen LogP contribution in [0.5, 0.6) is 11.5 Å². The van der Waals surface area contributed by atoms with Gasteiger partial charge in [-0.25, -0.2) is 4.39 Å². The molecule has 1 aromatic carbocycles. The number of methoxy groups -OCH3 is 1. The molecule has 8 nitrogen and oxygen atoms in total. The molecular weight excluding hydrogens is 417 g/mol. The Morgan fingerprint density at radius 1 is 1.31 bits per heavy atom. The molecule has 1 aromatic heterocycles. The predicted molar refractivity (Wildman–Crippen MR) is 117 cm³/mol. The lowest BCUT2D eigenvalue weighted by molar-refractivity contribution is 0.0675. The number of pyridine rings is 1. The van der Waals surface area contributed by atoms with Gasteiger partial charge in [0.1, 0.15) is 5.56 Å². The third kappa shape index (κ3) is 3.72. The van der Waals surface area contributed by atoms with E-state index in [4.69, 9.17) is 4.74 Å². The zero-order valence-electron chi connectivity index (χ0n) is 18.7. The van der Waals surface area contributed by atoms with Gasteiger partial charge in [-0.2, -0.15) is 0 Å². The third-order valence-electron chi connectivity index (χ3n) is 5.78. The molecule has 2 aromatic rings. The molecule has 1 atom stereocenters. The van der Waals surface area contributed by atoms with Crippen molar-refractivity contribution in [3.63, 3.8) is 0 Å². The number of hydrogen-bond donors (Lipinski definition) is 2. The zero-order valence-corrected chi connectivity index (χ0v) is 18.7. The summed E-state index contributed by atoms with van der Waals surface area (Å²) in [6.45, 7) is 6.70. The maximum atomic E-state index is 14.0. The maximum Gasteiger partial charge on any atom is 0.274 e. The SMILES string of the molecule is CC.CCN1CC2CCc3c(C(=O)NCc4cccc(O)c4F)c(=O)c(OC)c(n32)C1=O. The van der Waals surface area contributed by atoms with E-state index in [9.17, 15) is 23.9 Å². The highest BCUT2D eigenvalue weighted by Crippen LogP contribution is 2.37. The van der Waals surface area contributed by atoms with Gasteiger partial charge in [-0.1, -0.05) is 26.0 Å². The van der Waals surface area contributed by atoms with E-state index >= 15 is 0 Å². The lowest BCUT2D eigenvalue weighted by Crippen LogP contribution is -2.44. The number of phenols is 1. The summed E-state index contributed by atoms with van der Waals surface area (Å²) >= 11 is 0. The summed E-state index contributed by atoms with van der Waals surface area (Å²) in [5.41, 5.74) is 0.0369. The van der Waals surface area contributed by atoms with E-state index in [-0.39, 0.29) is 41.1 Å². The Morgan fingerprint density at radius 3 is 2.69 bits per heavy atom. The van der Waals surface area contributed by atoms with Crippen LogP contribution in [-0.2, 0) is 13.0 Å². The average molecular weight is 445 g/mol. The van der Waals surface area contributed by atoms with Crippen molar-refractivity contribution in [2.24, 2.45) is 0 Å². The second-order valence-corrected chi connectivity index (χ2v) is 7.37. The summed E-state index contributed by atoms with van der Waals surface area (Å²) in [5, 5.41) is 12.0. The first-order valence-corrected chi connectivity index (χ1v) is 10.8. The van der Waals surface area contributed by atoms with Gasteiger partial charge in [0.2, 0.25) is 5.43 Å². The second kappa shape index (κ2) is 9.42. The van der Waals surface area contributed by atoms with Crippen molar-refractivity contribution in [1.29, 1.82) is 0 Å². The molecule has 0 aliphatic carbocycles. The standard InChI is InChI=1S/C21H22FN3O5.C2H6/c1-3-24-10-12-7-8-13-15(18(27)19(30-2)17(21(24)29)25(12)13)20(28)23-9-11-5-4-6-14(26)16(11)22;1-2/h4-6,12,26H,3,7-10H2,1-2H3,(H,23,28);1-2H3. The average Bonchev–Trinajstić information content (AvgIpc) is 3.21. The van der Waals surface area contributed by atoms with Crippen LogP contribution in [0, 0.1) is 5.82 Å². The molecule has 0 radical (unpaired) electrons. The van der Waals surface area contributed by atoms with Crippen LogP contribution >= 0.6 is 0 Å². The van der Waals surface area contributed by atoms with Crippen molar-refractivity contribution in [2.45, 2.75) is 46.2 Å². The Kier molecular flexibility index (Phi) is 6.86. The number of phenolic OH excluding ortho intramolecular Hbond substituents is 1. The molecule has 172 valence electrons. The van der Waals surface area contributed by atoms with Gasteiger partial charge >= 0.3 is 0 Å². The summed E-state index contributed by atoms with van der Waals surface area (Å²) in [7, 11) is 1.30.